The summed E-state index contributed by atoms with van der Waals surface area (Å²) in [7, 11) is -3.31. The third-order valence-corrected chi connectivity index (χ3v) is 4.07. The van der Waals surface area contributed by atoms with E-state index >= 15 is 0 Å². The lowest BCUT2D eigenvalue weighted by molar-refractivity contribution is 0.0953. The molecule has 0 unspecified atom stereocenters. The second kappa shape index (κ2) is 7.97. The summed E-state index contributed by atoms with van der Waals surface area (Å²) in [5.74, 6) is -0.162. The highest BCUT2D eigenvalue weighted by Gasteiger charge is 2.06. The summed E-state index contributed by atoms with van der Waals surface area (Å²) in [6, 6.07) is 14.7. The molecule has 2 rings (SSSR count). The van der Waals surface area contributed by atoms with Gasteiger partial charge in [-0.25, -0.2) is 8.42 Å². The molecule has 0 spiro atoms. The molecule has 1 amide bonds. The van der Waals surface area contributed by atoms with Crippen molar-refractivity contribution in [3.05, 3.63) is 65.2 Å². The highest BCUT2D eigenvalue weighted by atomic mass is 32.2. The largest absolute Gasteiger partial charge is 0.352 e. The summed E-state index contributed by atoms with van der Waals surface area (Å²) in [6.45, 7) is 2.66. The summed E-state index contributed by atoms with van der Waals surface area (Å²) in [4.78, 5) is 12.1. The fourth-order valence-electron chi connectivity index (χ4n) is 2.37. The molecule has 2 N–H and O–H groups in total. The van der Waals surface area contributed by atoms with Gasteiger partial charge in [0.1, 0.15) is 0 Å². The van der Waals surface area contributed by atoms with Crippen LogP contribution in [0.25, 0.3) is 0 Å². The van der Waals surface area contributed by atoms with Gasteiger partial charge < -0.3 is 5.32 Å². The SMILES string of the molecule is Cc1cccc(CCCNC(=O)c2ccc(NS(C)(=O)=O)cc2)c1. The normalized spacial score (nSPS) is 11.1. The topological polar surface area (TPSA) is 75.3 Å². The van der Waals surface area contributed by atoms with Crippen LogP contribution in [0.15, 0.2) is 48.5 Å². The fourth-order valence-corrected chi connectivity index (χ4v) is 2.93. The molecule has 2 aromatic carbocycles. The quantitative estimate of drug-likeness (QED) is 0.757. The summed E-state index contributed by atoms with van der Waals surface area (Å²) < 4.78 is 24.6. The number of aryl methyl sites for hydroxylation is 2. The average Bonchev–Trinajstić information content (AvgIpc) is 2.50. The second-order valence-corrected chi connectivity index (χ2v) is 7.55. The number of hydrogen-bond acceptors (Lipinski definition) is 3. The third kappa shape index (κ3) is 6.04. The van der Waals surface area contributed by atoms with E-state index in [1.807, 2.05) is 6.07 Å². The number of amides is 1. The smallest absolute Gasteiger partial charge is 0.251 e. The molecular formula is C18H22N2O3S. The van der Waals surface area contributed by atoms with Gasteiger partial charge in [0.2, 0.25) is 10.0 Å². The predicted octanol–water partition coefficient (Wildman–Crippen LogP) is 2.73. The molecule has 0 aliphatic carbocycles. The van der Waals surface area contributed by atoms with Crippen molar-refractivity contribution in [1.29, 1.82) is 0 Å². The Bertz CT molecular complexity index is 799. The second-order valence-electron chi connectivity index (χ2n) is 5.80. The highest BCUT2D eigenvalue weighted by Crippen LogP contribution is 2.11. The van der Waals surface area contributed by atoms with E-state index in [-0.39, 0.29) is 5.91 Å². The lowest BCUT2D eigenvalue weighted by Gasteiger charge is -2.07. The molecule has 0 fully saturated rings. The lowest BCUT2D eigenvalue weighted by Crippen LogP contribution is -2.24. The molecule has 0 bridgehead atoms. The van der Waals surface area contributed by atoms with Crippen LogP contribution in [0.1, 0.15) is 27.9 Å². The highest BCUT2D eigenvalue weighted by molar-refractivity contribution is 7.92. The van der Waals surface area contributed by atoms with E-state index in [2.05, 4.69) is 35.2 Å². The van der Waals surface area contributed by atoms with Gasteiger partial charge in [0.15, 0.2) is 0 Å². The van der Waals surface area contributed by atoms with Gasteiger partial charge in [0.25, 0.3) is 5.91 Å². The number of carbonyl (C=O) groups excluding carboxylic acids is 1. The molecule has 0 aromatic heterocycles. The van der Waals surface area contributed by atoms with Crippen molar-refractivity contribution in [2.75, 3.05) is 17.5 Å². The first-order chi connectivity index (χ1) is 11.3. The van der Waals surface area contributed by atoms with Crippen LogP contribution in [0.2, 0.25) is 0 Å². The molecular weight excluding hydrogens is 324 g/mol. The van der Waals surface area contributed by atoms with Crippen molar-refractivity contribution in [3.63, 3.8) is 0 Å². The molecule has 6 heteroatoms. The number of rotatable bonds is 7. The molecule has 0 radical (unpaired) electrons. The summed E-state index contributed by atoms with van der Waals surface area (Å²) in [5, 5.41) is 2.87. The Kier molecular flexibility index (Phi) is 5.98. The van der Waals surface area contributed by atoms with E-state index in [1.165, 1.54) is 11.1 Å². The van der Waals surface area contributed by atoms with Crippen molar-refractivity contribution in [1.82, 2.24) is 5.32 Å². The van der Waals surface area contributed by atoms with Crippen LogP contribution in [0, 0.1) is 6.92 Å². The van der Waals surface area contributed by atoms with Crippen LogP contribution >= 0.6 is 0 Å². The monoisotopic (exact) mass is 346 g/mol. The minimum absolute atomic E-state index is 0.162. The van der Waals surface area contributed by atoms with E-state index in [9.17, 15) is 13.2 Å². The third-order valence-electron chi connectivity index (χ3n) is 3.46. The van der Waals surface area contributed by atoms with Gasteiger partial charge in [0, 0.05) is 17.8 Å². The Morgan fingerprint density at radius 1 is 1.08 bits per heavy atom. The van der Waals surface area contributed by atoms with Gasteiger partial charge >= 0.3 is 0 Å². The number of hydrogen-bond donors (Lipinski definition) is 2. The van der Waals surface area contributed by atoms with Crippen molar-refractivity contribution in [3.8, 4) is 0 Å². The van der Waals surface area contributed by atoms with E-state index in [0.29, 0.717) is 17.8 Å². The number of nitrogens with one attached hydrogen (secondary N) is 2. The van der Waals surface area contributed by atoms with E-state index in [0.717, 1.165) is 19.1 Å². The molecule has 0 heterocycles. The van der Waals surface area contributed by atoms with Crippen LogP contribution in [0.5, 0.6) is 0 Å². The van der Waals surface area contributed by atoms with Crippen molar-refractivity contribution in [2.45, 2.75) is 19.8 Å². The van der Waals surface area contributed by atoms with E-state index in [4.69, 9.17) is 0 Å². The van der Waals surface area contributed by atoms with E-state index < -0.39 is 10.0 Å². The molecule has 0 aliphatic rings. The van der Waals surface area contributed by atoms with Gasteiger partial charge in [-0.05, 0) is 49.6 Å². The molecule has 24 heavy (non-hydrogen) atoms. The van der Waals surface area contributed by atoms with Gasteiger partial charge in [-0.3, -0.25) is 9.52 Å². The Morgan fingerprint density at radius 2 is 1.79 bits per heavy atom. The molecule has 0 saturated heterocycles. The lowest BCUT2D eigenvalue weighted by atomic mass is 10.1. The number of sulfonamides is 1. The van der Waals surface area contributed by atoms with Crippen LogP contribution in [-0.4, -0.2) is 27.1 Å². The Labute approximate surface area is 143 Å². The zero-order valence-corrected chi connectivity index (χ0v) is 14.7. The minimum Gasteiger partial charge on any atom is -0.352 e. The fraction of sp³-hybridized carbons (Fsp3) is 0.278. The molecule has 128 valence electrons. The maximum atomic E-state index is 12.1. The number of carbonyl (C=O) groups is 1. The number of anilines is 1. The van der Waals surface area contributed by atoms with Crippen molar-refractivity contribution >= 4 is 21.6 Å². The molecule has 0 atom stereocenters. The Balaban J connectivity index is 1.80. The molecule has 0 saturated carbocycles. The van der Waals surface area contributed by atoms with Crippen molar-refractivity contribution < 1.29 is 13.2 Å². The van der Waals surface area contributed by atoms with E-state index in [1.54, 1.807) is 24.3 Å². The van der Waals surface area contributed by atoms with Crippen LogP contribution in [-0.2, 0) is 16.4 Å². The summed E-state index contributed by atoms with van der Waals surface area (Å²) in [6.07, 6.45) is 2.87. The summed E-state index contributed by atoms with van der Waals surface area (Å²) >= 11 is 0. The first kappa shape index (κ1) is 18.0. The first-order valence-electron chi connectivity index (χ1n) is 7.75. The predicted molar refractivity (Wildman–Crippen MR) is 96.7 cm³/mol. The maximum Gasteiger partial charge on any atom is 0.251 e. The number of benzene rings is 2. The van der Waals surface area contributed by atoms with Gasteiger partial charge in [-0.15, -0.1) is 0 Å². The molecule has 0 aliphatic heterocycles. The first-order valence-corrected chi connectivity index (χ1v) is 9.64. The average molecular weight is 346 g/mol. The van der Waals surface area contributed by atoms with Gasteiger partial charge in [0.05, 0.1) is 6.26 Å². The van der Waals surface area contributed by atoms with Crippen molar-refractivity contribution in [2.24, 2.45) is 0 Å². The standard InChI is InChI=1S/C18H22N2O3S/c1-14-5-3-6-15(13-14)7-4-12-19-18(21)16-8-10-17(11-9-16)20-24(2,22)23/h3,5-6,8-11,13,20H,4,7,12H2,1-2H3,(H,19,21). The molecule has 5 nitrogen and oxygen atoms in total. The maximum absolute atomic E-state index is 12.1. The van der Waals surface area contributed by atoms with Crippen LogP contribution < -0.4 is 10.0 Å². The molecule has 2 aromatic rings. The Morgan fingerprint density at radius 3 is 2.42 bits per heavy atom. The minimum atomic E-state index is -3.31. The zero-order valence-electron chi connectivity index (χ0n) is 13.9. The summed E-state index contributed by atoms with van der Waals surface area (Å²) in [5.41, 5.74) is 3.44. The zero-order chi connectivity index (χ0) is 17.6. The van der Waals surface area contributed by atoms with Crippen LogP contribution in [0.4, 0.5) is 5.69 Å². The van der Waals surface area contributed by atoms with Crippen LogP contribution in [0.3, 0.4) is 0 Å². The Hall–Kier alpha value is -2.34. The van der Waals surface area contributed by atoms with Gasteiger partial charge in [-0.2, -0.15) is 0 Å². The van der Waals surface area contributed by atoms with Gasteiger partial charge in [-0.1, -0.05) is 29.8 Å².